The first-order valence-electron chi connectivity index (χ1n) is 15.0. The number of esters is 1. The van der Waals surface area contributed by atoms with Gasteiger partial charge in [-0.15, -0.1) is 0 Å². The monoisotopic (exact) mass is 605 g/mol. The molecule has 2 saturated heterocycles. The van der Waals surface area contributed by atoms with Gasteiger partial charge in [-0.1, -0.05) is 24.3 Å². The number of aryl methyl sites for hydroxylation is 1. The van der Waals surface area contributed by atoms with Crippen molar-refractivity contribution in [2.45, 2.75) is 62.2 Å². The van der Waals surface area contributed by atoms with Gasteiger partial charge in [-0.2, -0.15) is 15.2 Å². The number of hydrogen-bond donors (Lipinski definition) is 1. The predicted molar refractivity (Wildman–Crippen MR) is 157 cm³/mol. The Morgan fingerprint density at radius 1 is 1.20 bits per heavy atom. The first kappa shape index (κ1) is 29.7. The summed E-state index contributed by atoms with van der Waals surface area (Å²) in [6.45, 7) is 1.16. The molecule has 6 rings (SSSR count). The Kier molecular flexibility index (Phi) is 8.11. The van der Waals surface area contributed by atoms with Crippen molar-refractivity contribution in [2.24, 2.45) is 0 Å². The maximum atomic E-state index is 14.0. The normalized spacial score (nSPS) is 26.4. The average Bonchev–Trinajstić information content (AvgIpc) is 3.36. The highest BCUT2D eigenvalue weighted by atomic mass is 19.1. The van der Waals surface area contributed by atoms with Crippen LogP contribution in [0.2, 0.25) is 0 Å². The van der Waals surface area contributed by atoms with Crippen LogP contribution in [0.25, 0.3) is 0 Å². The van der Waals surface area contributed by atoms with Crippen LogP contribution >= 0.6 is 0 Å². The highest BCUT2D eigenvalue weighted by Gasteiger charge is 2.48. The molecule has 0 saturated carbocycles. The van der Waals surface area contributed by atoms with Gasteiger partial charge in [0, 0.05) is 38.6 Å². The summed E-state index contributed by atoms with van der Waals surface area (Å²) in [5, 5.41) is 12.7. The molecule has 4 atom stereocenters. The molecule has 2 aromatic rings. The number of anilines is 2. The van der Waals surface area contributed by atoms with Gasteiger partial charge in [0.25, 0.3) is 0 Å². The first-order chi connectivity index (χ1) is 21.2. The number of carbonyl (C=O) groups is 3. The van der Waals surface area contributed by atoms with E-state index in [0.29, 0.717) is 43.0 Å². The smallest absolute Gasteiger partial charge is 0.396 e. The summed E-state index contributed by atoms with van der Waals surface area (Å²) in [6, 6.07) is 9.52. The van der Waals surface area contributed by atoms with Crippen LogP contribution in [0.3, 0.4) is 0 Å². The lowest BCUT2D eigenvalue weighted by Crippen LogP contribution is -2.57. The van der Waals surface area contributed by atoms with E-state index in [-0.39, 0.29) is 50.6 Å². The number of benzene rings is 1. The van der Waals surface area contributed by atoms with Crippen molar-refractivity contribution in [2.75, 3.05) is 57.2 Å². The zero-order chi connectivity index (χ0) is 31.0. The maximum Gasteiger partial charge on any atom is 0.396 e. The number of nitriles is 1. The number of aromatic nitrogens is 2. The van der Waals surface area contributed by atoms with Crippen molar-refractivity contribution in [3.63, 3.8) is 0 Å². The third-order valence-corrected chi connectivity index (χ3v) is 9.44. The lowest BCUT2D eigenvalue weighted by Gasteiger charge is -2.43. The predicted octanol–water partition coefficient (Wildman–Crippen LogP) is 1.77. The number of nitrogens with one attached hydrogen (secondary N) is 1. The summed E-state index contributed by atoms with van der Waals surface area (Å²) in [6.07, 6.45) is 2.23. The number of rotatable bonds is 5. The van der Waals surface area contributed by atoms with E-state index < -0.39 is 29.5 Å². The second-order valence-corrected chi connectivity index (χ2v) is 12.1. The number of likely N-dealkylation sites (N-methyl/N-ethyl adjacent to an activating group) is 1. The number of carbonyl (C=O) groups excluding carboxylic acids is 3. The molecule has 2 fully saturated rings. The number of piperazine rings is 1. The minimum Gasteiger partial charge on any atom is -0.462 e. The fourth-order valence-corrected chi connectivity index (χ4v) is 7.14. The van der Waals surface area contributed by atoms with Crippen LogP contribution in [0.4, 0.5) is 15.9 Å². The number of fused-ring (bicyclic) bond motifs is 3. The van der Waals surface area contributed by atoms with Crippen molar-refractivity contribution in [3.05, 3.63) is 41.1 Å². The second kappa shape index (κ2) is 12.0. The van der Waals surface area contributed by atoms with Gasteiger partial charge in [-0.05, 0) is 43.9 Å². The third kappa shape index (κ3) is 5.32. The van der Waals surface area contributed by atoms with Crippen molar-refractivity contribution >= 4 is 29.3 Å². The fourth-order valence-electron chi connectivity index (χ4n) is 7.14. The minimum atomic E-state index is -0.991. The van der Waals surface area contributed by atoms with Crippen LogP contribution in [0.5, 0.6) is 6.01 Å². The standard InChI is InChI=1S/C31H36FN7O5/c1-37-16-20(32)14-22(37)18-44-30-34-24-15-31(10-5-7-19-6-3-4-8-23(19)31)29(42)35-25(24)26(36-30)38-12-13-39(21(17-38)9-11-33)27(40)28(41)43-2/h3-4,6,8,20-22H,5,7,9-10,12-18H2,1-2H3,(H,35,42)/t20?,21?,22-,31?/m0/s1. The lowest BCUT2D eigenvalue weighted by molar-refractivity contribution is -0.159. The zero-order valence-electron chi connectivity index (χ0n) is 24.9. The van der Waals surface area contributed by atoms with Gasteiger partial charge < -0.3 is 24.6 Å². The van der Waals surface area contributed by atoms with Crippen LogP contribution in [-0.2, 0) is 37.4 Å². The van der Waals surface area contributed by atoms with E-state index in [2.05, 4.69) is 22.2 Å². The molecular weight excluding hydrogens is 569 g/mol. The Morgan fingerprint density at radius 2 is 2.02 bits per heavy atom. The van der Waals surface area contributed by atoms with Crippen molar-refractivity contribution in [1.29, 1.82) is 5.26 Å². The summed E-state index contributed by atoms with van der Waals surface area (Å²) in [5.41, 5.74) is 2.48. The van der Waals surface area contributed by atoms with Crippen molar-refractivity contribution in [3.8, 4) is 12.1 Å². The molecule has 12 nitrogen and oxygen atoms in total. The molecule has 1 aromatic heterocycles. The third-order valence-electron chi connectivity index (χ3n) is 9.44. The fraction of sp³-hybridized carbons (Fsp3) is 0.548. The van der Waals surface area contributed by atoms with Gasteiger partial charge in [0.15, 0.2) is 5.82 Å². The van der Waals surface area contributed by atoms with Gasteiger partial charge in [0.05, 0.1) is 36.8 Å². The van der Waals surface area contributed by atoms with Crippen molar-refractivity contribution in [1.82, 2.24) is 19.8 Å². The number of alkyl halides is 1. The summed E-state index contributed by atoms with van der Waals surface area (Å²) < 4.78 is 24.8. The van der Waals surface area contributed by atoms with Gasteiger partial charge in [-0.3, -0.25) is 14.5 Å². The summed E-state index contributed by atoms with van der Waals surface area (Å²) >= 11 is 0. The number of likely N-dealkylation sites (tertiary alicyclic amines) is 1. The molecular formula is C31H36FN7O5. The van der Waals surface area contributed by atoms with Crippen LogP contribution in [0, 0.1) is 11.3 Å². The van der Waals surface area contributed by atoms with Gasteiger partial charge >= 0.3 is 17.9 Å². The summed E-state index contributed by atoms with van der Waals surface area (Å²) in [5.74, 6) is -1.49. The average molecular weight is 606 g/mol. The molecule has 0 radical (unpaired) electrons. The number of hydrogen-bond acceptors (Lipinski definition) is 10. The van der Waals surface area contributed by atoms with Crippen LogP contribution in [0.15, 0.2) is 24.3 Å². The minimum absolute atomic E-state index is 0.0134. The number of halogens is 1. The molecule has 13 heteroatoms. The number of amides is 2. The Bertz CT molecular complexity index is 1510. The quantitative estimate of drug-likeness (QED) is 0.396. The van der Waals surface area contributed by atoms with E-state index in [1.165, 1.54) is 4.90 Å². The molecule has 3 aliphatic heterocycles. The second-order valence-electron chi connectivity index (χ2n) is 12.1. The first-order valence-corrected chi connectivity index (χ1v) is 15.0. The molecule has 44 heavy (non-hydrogen) atoms. The van der Waals surface area contributed by atoms with Gasteiger partial charge in [0.2, 0.25) is 5.91 Å². The van der Waals surface area contributed by atoms with Gasteiger partial charge in [-0.25, -0.2) is 9.18 Å². The van der Waals surface area contributed by atoms with Crippen LogP contribution in [0.1, 0.15) is 42.5 Å². The molecule has 1 spiro atoms. The van der Waals surface area contributed by atoms with Gasteiger partial charge in [0.1, 0.15) is 18.5 Å². The molecule has 4 aliphatic rings. The molecule has 3 unspecified atom stereocenters. The molecule has 1 aliphatic carbocycles. The van der Waals surface area contributed by atoms with E-state index in [1.807, 2.05) is 35.0 Å². The van der Waals surface area contributed by atoms with Crippen LogP contribution in [-0.4, -0.2) is 103 Å². The number of nitrogens with zero attached hydrogens (tertiary/aromatic N) is 6. The van der Waals surface area contributed by atoms with E-state index in [0.717, 1.165) is 31.1 Å². The molecule has 0 bridgehead atoms. The van der Waals surface area contributed by atoms with E-state index in [1.54, 1.807) is 0 Å². The Labute approximate surface area is 255 Å². The summed E-state index contributed by atoms with van der Waals surface area (Å²) in [4.78, 5) is 53.4. The van der Waals surface area contributed by atoms with Crippen LogP contribution < -0.4 is 15.0 Å². The SMILES string of the molecule is COC(=O)C(=O)N1CCN(c2nc(OC[C@@H]3CC(F)CN3C)nc3c2NC(=O)C2(CCCc4ccccc42)C3)CC1CC#N. The molecule has 2 amide bonds. The summed E-state index contributed by atoms with van der Waals surface area (Å²) in [7, 11) is 3.00. The number of methoxy groups -OCH3 is 1. The molecule has 4 heterocycles. The Balaban J connectivity index is 1.36. The number of ether oxygens (including phenoxy) is 2. The highest BCUT2D eigenvalue weighted by Crippen LogP contribution is 2.46. The Morgan fingerprint density at radius 3 is 2.77 bits per heavy atom. The van der Waals surface area contributed by atoms with E-state index in [4.69, 9.17) is 14.7 Å². The van der Waals surface area contributed by atoms with E-state index >= 15 is 0 Å². The molecule has 1 N–H and O–H groups in total. The maximum absolute atomic E-state index is 14.0. The highest BCUT2D eigenvalue weighted by molar-refractivity contribution is 6.32. The topological polar surface area (TPSA) is 141 Å². The zero-order valence-corrected chi connectivity index (χ0v) is 24.9. The largest absolute Gasteiger partial charge is 0.462 e. The van der Waals surface area contributed by atoms with E-state index in [9.17, 15) is 24.0 Å². The lowest BCUT2D eigenvalue weighted by atomic mass is 9.65. The Hall–Kier alpha value is -4.31. The molecule has 232 valence electrons. The van der Waals surface area contributed by atoms with Crippen molar-refractivity contribution < 1.29 is 28.2 Å². The molecule has 1 aromatic carbocycles.